The number of Topliss-reactive ketones (excluding diaryl/α,β-unsaturated/α-hetero) is 4. The summed E-state index contributed by atoms with van der Waals surface area (Å²) in [5.41, 5.74) is 0. The van der Waals surface area contributed by atoms with Crippen LogP contribution in [-0.2, 0) is 36.0 Å². The van der Waals surface area contributed by atoms with Gasteiger partial charge in [-0.1, -0.05) is 0 Å². The van der Waals surface area contributed by atoms with Crippen LogP contribution in [0.1, 0.15) is 0 Å². The summed E-state index contributed by atoms with van der Waals surface area (Å²) >= 11 is 0. The fourth-order valence-corrected chi connectivity index (χ4v) is 0.565. The van der Waals surface area contributed by atoms with Crippen molar-refractivity contribution in [2.45, 2.75) is 24.7 Å². The van der Waals surface area contributed by atoms with E-state index in [1.54, 1.807) is 0 Å². The SMILES string of the molecule is O=C([CH-]C(=O)C(F)(F)F)C(F)(F)F.O=C([CH-]C(=O)C(F)(F)F)C(F)(F)F.[Co+2]. The van der Waals surface area contributed by atoms with Crippen molar-refractivity contribution in [1.82, 2.24) is 0 Å². The zero-order valence-corrected chi connectivity index (χ0v) is 12.7. The Labute approximate surface area is 150 Å². The maximum absolute atomic E-state index is 11.3. The maximum atomic E-state index is 11.3. The molecule has 0 aliphatic carbocycles. The van der Waals surface area contributed by atoms with Gasteiger partial charge in [0.2, 0.25) is 0 Å². The zero-order valence-electron chi connectivity index (χ0n) is 11.7. The summed E-state index contributed by atoms with van der Waals surface area (Å²) in [5, 5.41) is 0. The van der Waals surface area contributed by atoms with E-state index in [0.717, 1.165) is 0 Å². The minimum atomic E-state index is -5.46. The Morgan fingerprint density at radius 2 is 0.519 bits per heavy atom. The normalized spacial score (nSPS) is 12.0. The third kappa shape index (κ3) is 13.0. The molecule has 0 rings (SSSR count). The molecule has 0 heterocycles. The first-order chi connectivity index (χ1) is 11.1. The first-order valence-electron chi connectivity index (χ1n) is 5.24. The van der Waals surface area contributed by atoms with E-state index in [1.807, 2.05) is 0 Å². The summed E-state index contributed by atoms with van der Waals surface area (Å²) in [6.07, 6.45) is -23.9. The van der Waals surface area contributed by atoms with Crippen LogP contribution in [0.3, 0.4) is 0 Å². The number of rotatable bonds is 4. The van der Waals surface area contributed by atoms with Gasteiger partial charge in [-0.15, -0.1) is 0 Å². The standard InChI is InChI=1S/2C5HF6O2.Co/c2*6-4(7,8)2(12)1-3(13)5(9,10)11;/h2*1H;/q2*-1;+2. The van der Waals surface area contributed by atoms with Gasteiger partial charge in [0.15, 0.2) is 0 Å². The average Bonchev–Trinajstić information content (AvgIpc) is 2.34. The van der Waals surface area contributed by atoms with Crippen molar-refractivity contribution in [1.29, 1.82) is 0 Å². The predicted molar refractivity (Wildman–Crippen MR) is 52.8 cm³/mol. The molecule has 1 radical (unpaired) electrons. The molecule has 0 aromatic heterocycles. The number of alkyl halides is 12. The summed E-state index contributed by atoms with van der Waals surface area (Å²) < 4.78 is 136. The van der Waals surface area contributed by atoms with Crippen LogP contribution in [-0.4, -0.2) is 47.8 Å². The molecule has 0 amide bonds. The van der Waals surface area contributed by atoms with E-state index in [1.165, 1.54) is 0 Å². The molecule has 4 nitrogen and oxygen atoms in total. The van der Waals surface area contributed by atoms with Gasteiger partial charge in [0.25, 0.3) is 0 Å². The molecule has 159 valence electrons. The van der Waals surface area contributed by atoms with Crippen LogP contribution >= 0.6 is 0 Å². The maximum Gasteiger partial charge on any atom is 2.00 e. The molecule has 0 unspecified atom stereocenters. The van der Waals surface area contributed by atoms with Gasteiger partial charge in [-0.3, -0.25) is 0 Å². The van der Waals surface area contributed by atoms with Crippen molar-refractivity contribution in [3.05, 3.63) is 12.8 Å². The molecule has 0 spiro atoms. The second-order valence-corrected chi connectivity index (χ2v) is 3.74. The van der Waals surface area contributed by atoms with Crippen LogP contribution in [0.4, 0.5) is 52.7 Å². The summed E-state index contributed by atoms with van der Waals surface area (Å²) in [6.45, 7) is 0. The average molecular weight is 473 g/mol. The smallest absolute Gasteiger partial charge is 0.324 e. The van der Waals surface area contributed by atoms with Gasteiger partial charge in [0.1, 0.15) is 23.1 Å². The minimum Gasteiger partial charge on any atom is -0.324 e. The monoisotopic (exact) mass is 473 g/mol. The number of hydrogen-bond acceptors (Lipinski definition) is 4. The molecule has 0 saturated carbocycles. The van der Waals surface area contributed by atoms with E-state index in [0.29, 0.717) is 0 Å². The van der Waals surface area contributed by atoms with Crippen LogP contribution in [0.5, 0.6) is 0 Å². The number of hydrogen-bond donors (Lipinski definition) is 0. The van der Waals surface area contributed by atoms with Gasteiger partial charge >= 0.3 is 41.5 Å². The van der Waals surface area contributed by atoms with Gasteiger partial charge in [0, 0.05) is 0 Å². The summed E-state index contributed by atoms with van der Waals surface area (Å²) in [5.74, 6) is -11.3. The summed E-state index contributed by atoms with van der Waals surface area (Å²) in [7, 11) is 0. The molecule has 0 aliphatic heterocycles. The number of ketones is 4. The fraction of sp³-hybridized carbons (Fsp3) is 0.400. The van der Waals surface area contributed by atoms with E-state index in [9.17, 15) is 71.9 Å². The molecule has 0 bridgehead atoms. The Hall–Kier alpha value is -1.91. The molecule has 0 aliphatic rings. The quantitative estimate of drug-likeness (QED) is 0.358. The van der Waals surface area contributed by atoms with Crippen molar-refractivity contribution >= 4 is 23.1 Å². The molecular weight excluding hydrogens is 471 g/mol. The van der Waals surface area contributed by atoms with Gasteiger partial charge in [-0.2, -0.15) is 52.7 Å². The molecule has 0 aromatic rings. The van der Waals surface area contributed by atoms with E-state index in [2.05, 4.69) is 0 Å². The van der Waals surface area contributed by atoms with Gasteiger partial charge in [-0.25, -0.2) is 12.8 Å². The molecule has 0 saturated heterocycles. The number of carbonyl (C=O) groups is 4. The van der Waals surface area contributed by atoms with Gasteiger partial charge in [0.05, 0.1) is 0 Å². The fourth-order valence-electron chi connectivity index (χ4n) is 0.565. The first-order valence-corrected chi connectivity index (χ1v) is 5.24. The molecule has 0 aromatic carbocycles. The van der Waals surface area contributed by atoms with Crippen LogP contribution in [0.2, 0.25) is 0 Å². The Morgan fingerprint density at radius 3 is 0.593 bits per heavy atom. The Balaban J connectivity index is -0.000000411. The van der Waals surface area contributed by atoms with E-state index < -0.39 is 60.7 Å². The van der Waals surface area contributed by atoms with Gasteiger partial charge in [-0.05, 0) is 0 Å². The molecule has 27 heavy (non-hydrogen) atoms. The predicted octanol–water partition coefficient (Wildman–Crippen LogP) is 2.90. The van der Waals surface area contributed by atoms with Crippen molar-refractivity contribution in [3.63, 3.8) is 0 Å². The molecular formula is C10H2CoF12O4. The number of halogens is 12. The van der Waals surface area contributed by atoms with Crippen LogP contribution in [0, 0.1) is 12.8 Å². The Kier molecular flexibility index (Phi) is 10.9. The Morgan fingerprint density at radius 1 is 0.407 bits per heavy atom. The van der Waals surface area contributed by atoms with Crippen molar-refractivity contribution in [3.8, 4) is 0 Å². The van der Waals surface area contributed by atoms with Crippen molar-refractivity contribution < 1.29 is 88.6 Å². The third-order valence-electron chi connectivity index (χ3n) is 1.64. The van der Waals surface area contributed by atoms with Crippen molar-refractivity contribution in [2.75, 3.05) is 0 Å². The molecule has 0 N–H and O–H groups in total. The zero-order chi connectivity index (χ0) is 21.7. The largest absolute Gasteiger partial charge is 2.00 e. The van der Waals surface area contributed by atoms with Crippen LogP contribution in [0.25, 0.3) is 0 Å². The minimum absolute atomic E-state index is 0. The summed E-state index contributed by atoms with van der Waals surface area (Å²) in [6, 6.07) is 0. The topological polar surface area (TPSA) is 68.3 Å². The van der Waals surface area contributed by atoms with Crippen molar-refractivity contribution in [2.24, 2.45) is 0 Å². The summed E-state index contributed by atoms with van der Waals surface area (Å²) in [4.78, 5) is 39.3. The number of carbonyl (C=O) groups excluding carboxylic acids is 4. The molecule has 17 heteroatoms. The van der Waals surface area contributed by atoms with E-state index in [4.69, 9.17) is 0 Å². The van der Waals surface area contributed by atoms with Gasteiger partial charge < -0.3 is 19.2 Å². The molecule has 0 fully saturated rings. The Bertz CT molecular complexity index is 456. The third-order valence-corrected chi connectivity index (χ3v) is 1.64. The van der Waals surface area contributed by atoms with Crippen LogP contribution in [0.15, 0.2) is 0 Å². The molecule has 0 atom stereocenters. The van der Waals surface area contributed by atoms with E-state index >= 15 is 0 Å². The van der Waals surface area contributed by atoms with E-state index in [-0.39, 0.29) is 16.8 Å². The first kappa shape index (κ1) is 29.8. The second-order valence-electron chi connectivity index (χ2n) is 3.74. The second kappa shape index (κ2) is 9.86. The van der Waals surface area contributed by atoms with Crippen LogP contribution < -0.4 is 0 Å².